The van der Waals surface area contributed by atoms with Crippen molar-refractivity contribution < 1.29 is 14.3 Å². The molecule has 1 aromatic carbocycles. The van der Waals surface area contributed by atoms with Gasteiger partial charge in [0.05, 0.1) is 25.3 Å². The van der Waals surface area contributed by atoms with Gasteiger partial charge in [-0.05, 0) is 25.3 Å². The van der Waals surface area contributed by atoms with Crippen LogP contribution in [0.25, 0.3) is 0 Å². The van der Waals surface area contributed by atoms with Crippen molar-refractivity contribution in [3.05, 3.63) is 35.9 Å². The number of piperidine rings is 1. The summed E-state index contributed by atoms with van der Waals surface area (Å²) in [5, 5.41) is 0. The molecule has 2 aliphatic heterocycles. The van der Waals surface area contributed by atoms with Gasteiger partial charge in [0.2, 0.25) is 11.8 Å². The molecule has 0 spiro atoms. The first-order valence-corrected chi connectivity index (χ1v) is 8.39. The molecule has 0 bridgehead atoms. The van der Waals surface area contributed by atoms with Gasteiger partial charge in [-0.25, -0.2) is 0 Å². The molecule has 0 aliphatic carbocycles. The zero-order valence-corrected chi connectivity index (χ0v) is 13.6. The molecule has 1 aromatic rings. The molecule has 124 valence electrons. The SMILES string of the molecule is C[C@@H]1CN(C(=O)CN2CCCCC2=O)[C@H](c2ccccc2)CO1. The number of ether oxygens (including phenoxy) is 1. The molecule has 2 aliphatic rings. The van der Waals surface area contributed by atoms with Crippen LogP contribution in [0.1, 0.15) is 37.8 Å². The van der Waals surface area contributed by atoms with Crippen molar-refractivity contribution >= 4 is 11.8 Å². The maximum atomic E-state index is 12.8. The van der Waals surface area contributed by atoms with Gasteiger partial charge in [-0.1, -0.05) is 30.3 Å². The van der Waals surface area contributed by atoms with Gasteiger partial charge >= 0.3 is 0 Å². The summed E-state index contributed by atoms with van der Waals surface area (Å²) in [6, 6.07) is 9.90. The summed E-state index contributed by atoms with van der Waals surface area (Å²) in [6.45, 7) is 3.94. The highest BCUT2D eigenvalue weighted by Gasteiger charge is 2.33. The van der Waals surface area contributed by atoms with Crippen molar-refractivity contribution in [3.63, 3.8) is 0 Å². The molecule has 0 radical (unpaired) electrons. The van der Waals surface area contributed by atoms with E-state index >= 15 is 0 Å². The van der Waals surface area contributed by atoms with E-state index in [0.29, 0.717) is 26.1 Å². The topological polar surface area (TPSA) is 49.9 Å². The Morgan fingerprint density at radius 2 is 2.04 bits per heavy atom. The zero-order valence-electron chi connectivity index (χ0n) is 13.6. The molecule has 2 atom stereocenters. The number of nitrogens with zero attached hydrogens (tertiary/aromatic N) is 2. The van der Waals surface area contributed by atoms with E-state index in [0.717, 1.165) is 18.4 Å². The molecule has 2 heterocycles. The Morgan fingerprint density at radius 1 is 1.26 bits per heavy atom. The minimum Gasteiger partial charge on any atom is -0.374 e. The molecule has 2 amide bonds. The van der Waals surface area contributed by atoms with Crippen molar-refractivity contribution in [3.8, 4) is 0 Å². The van der Waals surface area contributed by atoms with E-state index in [1.54, 1.807) is 4.90 Å². The Bertz CT molecular complexity index is 561. The van der Waals surface area contributed by atoms with E-state index in [4.69, 9.17) is 4.74 Å². The second-order valence-electron chi connectivity index (χ2n) is 6.39. The molecule has 0 N–H and O–H groups in total. The Balaban J connectivity index is 1.73. The molecular formula is C18H24N2O3. The largest absolute Gasteiger partial charge is 0.374 e. The van der Waals surface area contributed by atoms with E-state index < -0.39 is 0 Å². The number of hydrogen-bond donors (Lipinski definition) is 0. The number of morpholine rings is 1. The third-order valence-electron chi connectivity index (χ3n) is 4.62. The molecule has 5 nitrogen and oxygen atoms in total. The first-order valence-electron chi connectivity index (χ1n) is 8.39. The number of likely N-dealkylation sites (tertiary alicyclic amines) is 1. The monoisotopic (exact) mass is 316 g/mol. The van der Waals surface area contributed by atoms with E-state index in [9.17, 15) is 9.59 Å². The Kier molecular flexibility index (Phi) is 4.96. The van der Waals surface area contributed by atoms with Crippen molar-refractivity contribution in [1.82, 2.24) is 9.80 Å². The number of benzene rings is 1. The number of carbonyl (C=O) groups excluding carboxylic acids is 2. The van der Waals surface area contributed by atoms with Crippen LogP contribution < -0.4 is 0 Å². The average molecular weight is 316 g/mol. The molecule has 23 heavy (non-hydrogen) atoms. The van der Waals surface area contributed by atoms with Crippen LogP contribution in [-0.2, 0) is 14.3 Å². The van der Waals surface area contributed by atoms with E-state index in [1.165, 1.54) is 0 Å². The number of carbonyl (C=O) groups is 2. The highest BCUT2D eigenvalue weighted by atomic mass is 16.5. The maximum absolute atomic E-state index is 12.8. The lowest BCUT2D eigenvalue weighted by molar-refractivity contribution is -0.150. The minimum atomic E-state index is -0.0696. The van der Waals surface area contributed by atoms with Crippen LogP contribution in [0, 0.1) is 0 Å². The molecule has 5 heteroatoms. The Morgan fingerprint density at radius 3 is 2.78 bits per heavy atom. The van der Waals surface area contributed by atoms with Gasteiger partial charge in [0.25, 0.3) is 0 Å². The summed E-state index contributed by atoms with van der Waals surface area (Å²) in [7, 11) is 0. The summed E-state index contributed by atoms with van der Waals surface area (Å²) >= 11 is 0. The molecule has 0 saturated carbocycles. The zero-order chi connectivity index (χ0) is 16.2. The maximum Gasteiger partial charge on any atom is 0.242 e. The summed E-state index contributed by atoms with van der Waals surface area (Å²) in [5.41, 5.74) is 1.08. The van der Waals surface area contributed by atoms with Gasteiger partial charge in [-0.2, -0.15) is 0 Å². The summed E-state index contributed by atoms with van der Waals surface area (Å²) < 4.78 is 5.76. The number of rotatable bonds is 3. The van der Waals surface area contributed by atoms with E-state index in [-0.39, 0.29) is 30.5 Å². The van der Waals surface area contributed by atoms with E-state index in [2.05, 4.69) is 0 Å². The highest BCUT2D eigenvalue weighted by Crippen LogP contribution is 2.26. The normalized spacial score (nSPS) is 25.5. The molecular weight excluding hydrogens is 292 g/mol. The van der Waals surface area contributed by atoms with Gasteiger partial charge in [-0.15, -0.1) is 0 Å². The van der Waals surface area contributed by atoms with Gasteiger partial charge < -0.3 is 14.5 Å². The summed E-state index contributed by atoms with van der Waals surface area (Å²) in [5.74, 6) is 0.117. The van der Waals surface area contributed by atoms with Gasteiger partial charge in [-0.3, -0.25) is 9.59 Å². The van der Waals surface area contributed by atoms with Gasteiger partial charge in [0.15, 0.2) is 0 Å². The lowest BCUT2D eigenvalue weighted by atomic mass is 10.0. The molecule has 2 saturated heterocycles. The predicted octanol–water partition coefficient (Wildman–Crippen LogP) is 1.99. The second kappa shape index (κ2) is 7.13. The van der Waals surface area contributed by atoms with Crippen molar-refractivity contribution in [2.45, 2.75) is 38.3 Å². The first-order chi connectivity index (χ1) is 11.1. The van der Waals surface area contributed by atoms with Gasteiger partial charge in [0, 0.05) is 19.5 Å². The standard InChI is InChI=1S/C18H24N2O3/c1-14-11-20(16(13-23-14)15-7-3-2-4-8-15)18(22)12-19-10-6-5-9-17(19)21/h2-4,7-8,14,16H,5-6,9-13H2,1H3/t14-,16+/m1/s1. The van der Waals surface area contributed by atoms with Crippen molar-refractivity contribution in [2.75, 3.05) is 26.2 Å². The number of amides is 2. The second-order valence-corrected chi connectivity index (χ2v) is 6.39. The smallest absolute Gasteiger partial charge is 0.242 e. The first kappa shape index (κ1) is 16.0. The van der Waals surface area contributed by atoms with Crippen LogP contribution in [0.5, 0.6) is 0 Å². The quantitative estimate of drug-likeness (QED) is 0.857. The average Bonchev–Trinajstić information content (AvgIpc) is 2.57. The number of hydrogen-bond acceptors (Lipinski definition) is 3. The lowest BCUT2D eigenvalue weighted by Gasteiger charge is -2.40. The van der Waals surface area contributed by atoms with Gasteiger partial charge in [0.1, 0.15) is 0 Å². The van der Waals surface area contributed by atoms with Crippen LogP contribution in [0.2, 0.25) is 0 Å². The van der Waals surface area contributed by atoms with Crippen LogP contribution in [0.3, 0.4) is 0 Å². The fraction of sp³-hybridized carbons (Fsp3) is 0.556. The lowest BCUT2D eigenvalue weighted by Crippen LogP contribution is -2.51. The minimum absolute atomic E-state index is 0.0178. The van der Waals surface area contributed by atoms with Crippen molar-refractivity contribution in [2.24, 2.45) is 0 Å². The van der Waals surface area contributed by atoms with E-state index in [1.807, 2.05) is 42.2 Å². The molecule has 2 fully saturated rings. The third-order valence-corrected chi connectivity index (χ3v) is 4.62. The fourth-order valence-electron chi connectivity index (χ4n) is 3.31. The third kappa shape index (κ3) is 3.72. The molecule has 0 unspecified atom stereocenters. The van der Waals surface area contributed by atoms with Crippen LogP contribution in [0.15, 0.2) is 30.3 Å². The van der Waals surface area contributed by atoms with Crippen molar-refractivity contribution in [1.29, 1.82) is 0 Å². The Labute approximate surface area is 137 Å². The molecule has 0 aromatic heterocycles. The highest BCUT2D eigenvalue weighted by molar-refractivity contribution is 5.85. The van der Waals surface area contributed by atoms with Crippen LogP contribution in [0.4, 0.5) is 0 Å². The molecule has 3 rings (SSSR count). The Hall–Kier alpha value is -1.88. The van der Waals surface area contributed by atoms with Crippen LogP contribution >= 0.6 is 0 Å². The summed E-state index contributed by atoms with van der Waals surface area (Å²) in [6.07, 6.45) is 2.51. The predicted molar refractivity (Wildman–Crippen MR) is 86.7 cm³/mol. The summed E-state index contributed by atoms with van der Waals surface area (Å²) in [4.78, 5) is 28.4. The van der Waals surface area contributed by atoms with Crippen LogP contribution in [-0.4, -0.2) is 54.0 Å². The fourth-order valence-corrected chi connectivity index (χ4v) is 3.31.